The van der Waals surface area contributed by atoms with Gasteiger partial charge in [0.1, 0.15) is 11.9 Å². The van der Waals surface area contributed by atoms with E-state index in [1.54, 1.807) is 0 Å². The maximum atomic E-state index is 5.93. The van der Waals surface area contributed by atoms with E-state index in [0.29, 0.717) is 5.02 Å². The van der Waals surface area contributed by atoms with Crippen molar-refractivity contribution >= 4 is 11.6 Å². The number of halogens is 1. The first-order chi connectivity index (χ1) is 9.20. The summed E-state index contributed by atoms with van der Waals surface area (Å²) in [6.07, 6.45) is 2.08. The van der Waals surface area contributed by atoms with E-state index in [-0.39, 0.29) is 6.10 Å². The Kier molecular flexibility index (Phi) is 3.44. The number of aryl methyl sites for hydroxylation is 1. The molecule has 0 atom stereocenters. The van der Waals surface area contributed by atoms with Crippen molar-refractivity contribution in [2.24, 2.45) is 7.05 Å². The quantitative estimate of drug-likeness (QED) is 0.859. The molecule has 0 bridgehead atoms. The molecule has 0 saturated carbocycles. The van der Waals surface area contributed by atoms with Crippen LogP contribution >= 0.6 is 11.6 Å². The number of benzene rings is 1. The summed E-state index contributed by atoms with van der Waals surface area (Å²) < 4.78 is 7.77. The summed E-state index contributed by atoms with van der Waals surface area (Å²) in [5, 5.41) is 4.88. The van der Waals surface area contributed by atoms with Crippen molar-refractivity contribution in [2.75, 3.05) is 13.1 Å². The zero-order valence-electron chi connectivity index (χ0n) is 10.8. The van der Waals surface area contributed by atoms with Gasteiger partial charge in [0, 0.05) is 37.9 Å². The Morgan fingerprint density at radius 3 is 2.89 bits per heavy atom. The van der Waals surface area contributed by atoms with Gasteiger partial charge >= 0.3 is 0 Å². The molecule has 19 heavy (non-hydrogen) atoms. The molecule has 100 valence electrons. The van der Waals surface area contributed by atoms with Crippen molar-refractivity contribution in [3.05, 3.63) is 47.2 Å². The zero-order valence-corrected chi connectivity index (χ0v) is 11.5. The average Bonchev–Trinajstić information content (AvgIpc) is 2.72. The van der Waals surface area contributed by atoms with Gasteiger partial charge in [0.05, 0.1) is 5.69 Å². The van der Waals surface area contributed by atoms with Crippen LogP contribution in [0.2, 0.25) is 5.02 Å². The predicted octanol–water partition coefficient (Wildman–Crippen LogP) is 2.34. The summed E-state index contributed by atoms with van der Waals surface area (Å²) in [7, 11) is 1.97. The summed E-state index contributed by atoms with van der Waals surface area (Å²) in [6.45, 7) is 2.81. The lowest BCUT2D eigenvalue weighted by Crippen LogP contribution is -2.53. The van der Waals surface area contributed by atoms with E-state index >= 15 is 0 Å². The first kappa shape index (κ1) is 12.5. The van der Waals surface area contributed by atoms with E-state index in [1.165, 1.54) is 5.69 Å². The Morgan fingerprint density at radius 1 is 1.37 bits per heavy atom. The number of hydrogen-bond donors (Lipinski definition) is 0. The van der Waals surface area contributed by atoms with Gasteiger partial charge in [0.25, 0.3) is 0 Å². The van der Waals surface area contributed by atoms with Crippen LogP contribution in [0.1, 0.15) is 5.69 Å². The molecule has 0 unspecified atom stereocenters. The van der Waals surface area contributed by atoms with E-state index in [9.17, 15) is 0 Å². The molecular weight excluding hydrogens is 262 g/mol. The molecule has 0 amide bonds. The molecule has 0 radical (unpaired) electrons. The van der Waals surface area contributed by atoms with Gasteiger partial charge in [0.15, 0.2) is 0 Å². The highest BCUT2D eigenvalue weighted by atomic mass is 35.5. The lowest BCUT2D eigenvalue weighted by Gasteiger charge is -2.38. The van der Waals surface area contributed by atoms with Crippen LogP contribution in [0.25, 0.3) is 0 Å². The van der Waals surface area contributed by atoms with Gasteiger partial charge < -0.3 is 4.74 Å². The van der Waals surface area contributed by atoms with Crippen molar-refractivity contribution in [1.29, 1.82) is 0 Å². The van der Waals surface area contributed by atoms with Crippen molar-refractivity contribution in [1.82, 2.24) is 14.7 Å². The van der Waals surface area contributed by atoms with Gasteiger partial charge in [-0.25, -0.2) is 0 Å². The first-order valence-electron chi connectivity index (χ1n) is 6.32. The molecule has 1 fully saturated rings. The lowest BCUT2D eigenvalue weighted by molar-refractivity contribution is 0.0131. The van der Waals surface area contributed by atoms with Crippen LogP contribution < -0.4 is 4.74 Å². The minimum atomic E-state index is 0.256. The molecule has 1 aliphatic heterocycles. The third-order valence-corrected chi connectivity index (χ3v) is 3.57. The van der Waals surface area contributed by atoms with Gasteiger partial charge in [-0.1, -0.05) is 17.7 Å². The molecule has 2 aromatic rings. The molecule has 5 heteroatoms. The number of likely N-dealkylation sites (tertiary alicyclic amines) is 1. The van der Waals surface area contributed by atoms with Crippen LogP contribution in [0.15, 0.2) is 36.5 Å². The van der Waals surface area contributed by atoms with Crippen LogP contribution in [-0.2, 0) is 13.6 Å². The van der Waals surface area contributed by atoms with E-state index in [1.807, 2.05) is 48.3 Å². The Bertz CT molecular complexity index is 563. The molecular formula is C14H16ClN3O. The van der Waals surface area contributed by atoms with E-state index in [2.05, 4.69) is 10.00 Å². The number of ether oxygens (including phenoxy) is 1. The van der Waals surface area contributed by atoms with E-state index < -0.39 is 0 Å². The van der Waals surface area contributed by atoms with Gasteiger partial charge in [-0.05, 0) is 24.3 Å². The maximum absolute atomic E-state index is 5.93. The zero-order chi connectivity index (χ0) is 13.2. The van der Waals surface area contributed by atoms with Crippen LogP contribution in [0, 0.1) is 0 Å². The first-order valence-corrected chi connectivity index (χ1v) is 6.70. The third kappa shape index (κ3) is 2.91. The van der Waals surface area contributed by atoms with Crippen molar-refractivity contribution in [3.8, 4) is 5.75 Å². The monoisotopic (exact) mass is 277 g/mol. The highest BCUT2D eigenvalue weighted by Gasteiger charge is 2.28. The minimum absolute atomic E-state index is 0.256. The van der Waals surface area contributed by atoms with Gasteiger partial charge in [0.2, 0.25) is 0 Å². The molecule has 1 aromatic carbocycles. The molecule has 3 rings (SSSR count). The number of hydrogen-bond acceptors (Lipinski definition) is 3. The Hall–Kier alpha value is -1.52. The summed E-state index contributed by atoms with van der Waals surface area (Å²) in [6, 6.07) is 9.60. The summed E-state index contributed by atoms with van der Waals surface area (Å²) in [5.41, 5.74) is 1.22. The normalized spacial score (nSPS) is 16.3. The SMILES string of the molecule is Cn1nccc1CN1CC(Oc2cccc(Cl)c2)C1. The molecule has 2 heterocycles. The highest BCUT2D eigenvalue weighted by Crippen LogP contribution is 2.22. The summed E-state index contributed by atoms with van der Waals surface area (Å²) >= 11 is 5.93. The lowest BCUT2D eigenvalue weighted by atomic mass is 10.1. The standard InChI is InChI=1S/C14H16ClN3O/c1-17-12(5-6-16-17)8-18-9-14(10-18)19-13-4-2-3-11(15)7-13/h2-7,14H,8-10H2,1H3. The third-order valence-electron chi connectivity index (χ3n) is 3.33. The van der Waals surface area contributed by atoms with E-state index in [0.717, 1.165) is 25.4 Å². The van der Waals surface area contributed by atoms with Crippen LogP contribution in [0.4, 0.5) is 0 Å². The second kappa shape index (κ2) is 5.23. The number of rotatable bonds is 4. The molecule has 1 saturated heterocycles. The molecule has 0 N–H and O–H groups in total. The molecule has 1 aliphatic rings. The Balaban J connectivity index is 1.49. The average molecular weight is 278 g/mol. The van der Waals surface area contributed by atoms with E-state index in [4.69, 9.17) is 16.3 Å². The topological polar surface area (TPSA) is 30.3 Å². The van der Waals surface area contributed by atoms with Gasteiger partial charge in [-0.15, -0.1) is 0 Å². The predicted molar refractivity (Wildman–Crippen MR) is 74.4 cm³/mol. The molecule has 0 aliphatic carbocycles. The molecule has 1 aromatic heterocycles. The van der Waals surface area contributed by atoms with Crippen LogP contribution in [0.3, 0.4) is 0 Å². The van der Waals surface area contributed by atoms with Crippen molar-refractivity contribution < 1.29 is 4.74 Å². The largest absolute Gasteiger partial charge is 0.488 e. The van der Waals surface area contributed by atoms with Gasteiger partial charge in [-0.2, -0.15) is 5.10 Å². The second-order valence-electron chi connectivity index (χ2n) is 4.84. The number of aromatic nitrogens is 2. The van der Waals surface area contributed by atoms with Crippen LogP contribution in [-0.4, -0.2) is 33.9 Å². The number of nitrogens with zero attached hydrogens (tertiary/aromatic N) is 3. The fourth-order valence-electron chi connectivity index (χ4n) is 2.24. The fourth-order valence-corrected chi connectivity index (χ4v) is 2.42. The smallest absolute Gasteiger partial charge is 0.124 e. The van der Waals surface area contributed by atoms with Gasteiger partial charge in [-0.3, -0.25) is 9.58 Å². The highest BCUT2D eigenvalue weighted by molar-refractivity contribution is 6.30. The molecule has 4 nitrogen and oxygen atoms in total. The Morgan fingerprint density at radius 2 is 2.21 bits per heavy atom. The Labute approximate surface area is 117 Å². The summed E-state index contributed by atoms with van der Waals surface area (Å²) in [5.74, 6) is 0.845. The van der Waals surface area contributed by atoms with Crippen molar-refractivity contribution in [2.45, 2.75) is 12.6 Å². The van der Waals surface area contributed by atoms with Crippen molar-refractivity contribution in [3.63, 3.8) is 0 Å². The maximum Gasteiger partial charge on any atom is 0.124 e. The fraction of sp³-hybridized carbons (Fsp3) is 0.357. The second-order valence-corrected chi connectivity index (χ2v) is 5.27. The minimum Gasteiger partial charge on any atom is -0.488 e. The van der Waals surface area contributed by atoms with Crippen LogP contribution in [0.5, 0.6) is 5.75 Å². The molecule has 0 spiro atoms. The summed E-state index contributed by atoms with van der Waals surface area (Å²) in [4.78, 5) is 2.34.